The van der Waals surface area contributed by atoms with Crippen LogP contribution in [-0.4, -0.2) is 17.3 Å². The second-order valence-corrected chi connectivity index (χ2v) is 11.4. The van der Waals surface area contributed by atoms with Gasteiger partial charge < -0.3 is 4.42 Å². The average molecular weight is 450 g/mol. The molecule has 1 aromatic heterocycles. The zero-order valence-corrected chi connectivity index (χ0v) is 19.8. The van der Waals surface area contributed by atoms with Gasteiger partial charge in [-0.1, -0.05) is 51.4 Å². The van der Waals surface area contributed by atoms with Crippen LogP contribution in [0.25, 0.3) is 11.3 Å². The van der Waals surface area contributed by atoms with Gasteiger partial charge in [-0.05, 0) is 47.9 Å². The minimum atomic E-state index is -0.433. The number of aliphatic imine (C=N–C) groups is 1. The molecule has 5 heteroatoms. The normalized spacial score (nSPS) is 26.5. The summed E-state index contributed by atoms with van der Waals surface area (Å²) in [6, 6.07) is 11.3. The fraction of sp³-hybridized carbons (Fsp3) is 0.444. The molecule has 1 aromatic carbocycles. The average Bonchev–Trinajstić information content (AvgIpc) is 3.14. The maximum atomic E-state index is 13.4. The van der Waals surface area contributed by atoms with Crippen molar-refractivity contribution < 1.29 is 14.0 Å². The van der Waals surface area contributed by atoms with E-state index in [1.165, 1.54) is 0 Å². The van der Waals surface area contributed by atoms with Gasteiger partial charge in [0, 0.05) is 35.4 Å². The summed E-state index contributed by atoms with van der Waals surface area (Å²) < 4.78 is 6.31. The van der Waals surface area contributed by atoms with Crippen molar-refractivity contribution in [1.82, 2.24) is 0 Å². The Balaban J connectivity index is 1.65. The third-order valence-corrected chi connectivity index (χ3v) is 7.24. The summed E-state index contributed by atoms with van der Waals surface area (Å²) in [5, 5.41) is 0.602. The Hall–Kier alpha value is -2.46. The molecule has 2 aliphatic carbocycles. The predicted octanol–water partition coefficient (Wildman–Crippen LogP) is 6.79. The Bertz CT molecular complexity index is 1200. The molecule has 5 rings (SSSR count). The third-order valence-electron chi connectivity index (χ3n) is 6.91. The van der Waals surface area contributed by atoms with E-state index in [1.807, 2.05) is 36.4 Å². The minimum absolute atomic E-state index is 0.0809. The zero-order valence-electron chi connectivity index (χ0n) is 19.0. The van der Waals surface area contributed by atoms with Crippen LogP contribution in [0, 0.1) is 16.7 Å². The van der Waals surface area contributed by atoms with Crippen molar-refractivity contribution in [3.05, 3.63) is 58.5 Å². The van der Waals surface area contributed by atoms with Crippen LogP contribution in [0.3, 0.4) is 0 Å². The number of rotatable bonds is 2. The van der Waals surface area contributed by atoms with Crippen molar-refractivity contribution in [3.8, 4) is 11.3 Å². The molecule has 2 atom stereocenters. The summed E-state index contributed by atoms with van der Waals surface area (Å²) >= 11 is 6.39. The topological polar surface area (TPSA) is 59.6 Å². The SMILES string of the molecule is CC1(C)CC(=O)C2C(=NC3=C(C(=O)CC(C)(C)C3)[C@@H]2c2ccc(-c3ccccc3Cl)o2)C1. The van der Waals surface area contributed by atoms with Gasteiger partial charge in [0.05, 0.1) is 16.9 Å². The quantitative estimate of drug-likeness (QED) is 0.507. The molecule has 0 spiro atoms. The van der Waals surface area contributed by atoms with Gasteiger partial charge >= 0.3 is 0 Å². The van der Waals surface area contributed by atoms with Gasteiger partial charge in [-0.2, -0.15) is 0 Å². The van der Waals surface area contributed by atoms with Crippen LogP contribution in [0.4, 0.5) is 0 Å². The zero-order chi connectivity index (χ0) is 22.8. The van der Waals surface area contributed by atoms with Crippen LogP contribution in [0.15, 0.2) is 57.1 Å². The van der Waals surface area contributed by atoms with Gasteiger partial charge in [-0.25, -0.2) is 0 Å². The Morgan fingerprint density at radius 3 is 2.38 bits per heavy atom. The molecular weight excluding hydrogens is 422 g/mol. The van der Waals surface area contributed by atoms with Crippen molar-refractivity contribution in [1.29, 1.82) is 0 Å². The molecule has 0 radical (unpaired) electrons. The number of carbonyl (C=O) groups is 2. The number of hydrogen-bond acceptors (Lipinski definition) is 4. The lowest BCUT2D eigenvalue weighted by Crippen LogP contribution is -2.45. The second-order valence-electron chi connectivity index (χ2n) is 11.0. The highest BCUT2D eigenvalue weighted by atomic mass is 35.5. The molecule has 32 heavy (non-hydrogen) atoms. The summed E-state index contributed by atoms with van der Waals surface area (Å²) in [4.78, 5) is 31.7. The van der Waals surface area contributed by atoms with E-state index in [1.54, 1.807) is 0 Å². The summed E-state index contributed by atoms with van der Waals surface area (Å²) in [6.45, 7) is 8.43. The summed E-state index contributed by atoms with van der Waals surface area (Å²) in [5.41, 5.74) is 2.93. The van der Waals surface area contributed by atoms with Crippen molar-refractivity contribution >= 4 is 28.9 Å². The maximum absolute atomic E-state index is 13.4. The van der Waals surface area contributed by atoms with E-state index in [9.17, 15) is 9.59 Å². The molecule has 2 heterocycles. The van der Waals surface area contributed by atoms with Gasteiger partial charge in [0.1, 0.15) is 17.3 Å². The van der Waals surface area contributed by atoms with Crippen molar-refractivity contribution in [2.75, 3.05) is 0 Å². The number of halogens is 1. The van der Waals surface area contributed by atoms with Gasteiger partial charge in [-0.3, -0.25) is 14.6 Å². The number of fused-ring (bicyclic) bond motifs is 1. The minimum Gasteiger partial charge on any atom is -0.460 e. The lowest BCUT2D eigenvalue weighted by Gasteiger charge is -2.43. The highest BCUT2D eigenvalue weighted by Gasteiger charge is 2.50. The molecule has 1 fully saturated rings. The molecule has 1 aliphatic heterocycles. The first-order valence-electron chi connectivity index (χ1n) is 11.3. The summed E-state index contributed by atoms with van der Waals surface area (Å²) in [7, 11) is 0. The molecule has 1 saturated carbocycles. The second kappa shape index (κ2) is 7.28. The van der Waals surface area contributed by atoms with E-state index in [0.29, 0.717) is 35.0 Å². The Kier molecular flexibility index (Phi) is 4.86. The van der Waals surface area contributed by atoms with E-state index < -0.39 is 11.8 Å². The molecule has 1 unspecified atom stereocenters. The molecule has 0 N–H and O–H groups in total. The number of nitrogens with zero attached hydrogens (tertiary/aromatic N) is 1. The first-order chi connectivity index (χ1) is 15.0. The standard InChI is InChI=1S/C27H28ClNO3/c1-26(2)11-17-23(19(30)13-26)25(24-18(29-17)12-27(3,4)14-20(24)31)22-10-9-21(32-22)15-7-5-6-8-16(15)28/h5-10,23,25H,11-14H2,1-4H3/t23?,25-/m1/s1. The molecular formula is C27H28ClNO3. The molecule has 3 aliphatic rings. The smallest absolute Gasteiger partial charge is 0.162 e. The molecule has 0 amide bonds. The molecule has 0 bridgehead atoms. The van der Waals surface area contributed by atoms with Gasteiger partial charge in [0.15, 0.2) is 5.78 Å². The van der Waals surface area contributed by atoms with E-state index in [0.717, 1.165) is 29.8 Å². The number of furan rings is 1. The fourth-order valence-electron chi connectivity index (χ4n) is 5.64. The van der Waals surface area contributed by atoms with Crippen LogP contribution >= 0.6 is 11.6 Å². The number of Topliss-reactive ketones (excluding diaryl/α,β-unsaturated/α-hetero) is 2. The largest absolute Gasteiger partial charge is 0.460 e. The van der Waals surface area contributed by atoms with Crippen LogP contribution in [0.1, 0.15) is 65.1 Å². The summed E-state index contributed by atoms with van der Waals surface area (Å²) in [5.74, 6) is 0.662. The predicted molar refractivity (Wildman–Crippen MR) is 126 cm³/mol. The van der Waals surface area contributed by atoms with Crippen LogP contribution < -0.4 is 0 Å². The van der Waals surface area contributed by atoms with Crippen molar-refractivity contribution in [2.45, 2.75) is 59.3 Å². The van der Waals surface area contributed by atoms with E-state index in [4.69, 9.17) is 21.0 Å². The highest BCUT2D eigenvalue weighted by Crippen LogP contribution is 2.52. The number of allylic oxidation sites excluding steroid dienone is 2. The Morgan fingerprint density at radius 2 is 1.62 bits per heavy atom. The first kappa shape index (κ1) is 21.4. The fourth-order valence-corrected chi connectivity index (χ4v) is 5.87. The molecule has 166 valence electrons. The Morgan fingerprint density at radius 1 is 0.906 bits per heavy atom. The first-order valence-corrected chi connectivity index (χ1v) is 11.6. The maximum Gasteiger partial charge on any atom is 0.162 e. The molecule has 0 saturated heterocycles. The summed E-state index contributed by atoms with van der Waals surface area (Å²) in [6.07, 6.45) is 2.42. The van der Waals surface area contributed by atoms with Gasteiger partial charge in [0.25, 0.3) is 0 Å². The van der Waals surface area contributed by atoms with Gasteiger partial charge in [-0.15, -0.1) is 0 Å². The lowest BCUT2D eigenvalue weighted by molar-refractivity contribution is -0.124. The number of ketones is 2. The van der Waals surface area contributed by atoms with E-state index in [-0.39, 0.29) is 22.4 Å². The van der Waals surface area contributed by atoms with Crippen LogP contribution in [-0.2, 0) is 9.59 Å². The third kappa shape index (κ3) is 3.59. The van der Waals surface area contributed by atoms with Crippen LogP contribution in [0.5, 0.6) is 0 Å². The number of hydrogen-bond donors (Lipinski definition) is 0. The molecule has 2 aromatic rings. The van der Waals surface area contributed by atoms with E-state index >= 15 is 0 Å². The van der Waals surface area contributed by atoms with Crippen LogP contribution in [0.2, 0.25) is 5.02 Å². The highest BCUT2D eigenvalue weighted by molar-refractivity contribution is 6.33. The number of carbonyl (C=O) groups excluding carboxylic acids is 2. The van der Waals surface area contributed by atoms with Crippen molar-refractivity contribution in [2.24, 2.45) is 21.7 Å². The Labute approximate surface area is 193 Å². The lowest BCUT2D eigenvalue weighted by atomic mass is 9.61. The van der Waals surface area contributed by atoms with Crippen molar-refractivity contribution in [3.63, 3.8) is 0 Å². The molecule has 4 nitrogen and oxygen atoms in total. The van der Waals surface area contributed by atoms with Gasteiger partial charge in [0.2, 0.25) is 0 Å². The monoisotopic (exact) mass is 449 g/mol. The number of benzene rings is 1. The van der Waals surface area contributed by atoms with E-state index in [2.05, 4.69) is 27.7 Å².